The van der Waals surface area contributed by atoms with Crippen LogP contribution in [0.2, 0.25) is 0 Å². The van der Waals surface area contributed by atoms with Crippen molar-refractivity contribution in [2.45, 2.75) is 6.42 Å². The van der Waals surface area contributed by atoms with Gasteiger partial charge in [0.05, 0.1) is 12.2 Å². The van der Waals surface area contributed by atoms with Gasteiger partial charge in [-0.25, -0.2) is 4.79 Å². The molecule has 0 saturated heterocycles. The standard InChI is InChI=1S/C13H11BrO3S/c14-10-6-9(13(15)16)7-11(8-10)17-4-3-12-2-1-5-18-12/h1-2,5-8H,3-4H2,(H,15,16). The molecule has 1 aromatic heterocycles. The minimum Gasteiger partial charge on any atom is -0.493 e. The van der Waals surface area contributed by atoms with Crippen molar-refractivity contribution in [2.75, 3.05) is 6.61 Å². The summed E-state index contributed by atoms with van der Waals surface area (Å²) >= 11 is 4.96. The average Bonchev–Trinajstić information content (AvgIpc) is 2.81. The second-order valence-electron chi connectivity index (χ2n) is 3.66. The molecule has 0 radical (unpaired) electrons. The molecule has 0 aliphatic heterocycles. The van der Waals surface area contributed by atoms with Gasteiger partial charge in [0.15, 0.2) is 0 Å². The summed E-state index contributed by atoms with van der Waals surface area (Å²) in [6.45, 7) is 0.538. The van der Waals surface area contributed by atoms with Crippen LogP contribution in [0.4, 0.5) is 0 Å². The third kappa shape index (κ3) is 3.58. The van der Waals surface area contributed by atoms with E-state index in [1.807, 2.05) is 11.4 Å². The molecule has 0 saturated carbocycles. The van der Waals surface area contributed by atoms with Crippen LogP contribution in [-0.2, 0) is 6.42 Å². The van der Waals surface area contributed by atoms with Gasteiger partial charge in [0.25, 0.3) is 0 Å². The molecule has 18 heavy (non-hydrogen) atoms. The van der Waals surface area contributed by atoms with Gasteiger partial charge in [0.1, 0.15) is 5.75 Å². The highest BCUT2D eigenvalue weighted by atomic mass is 79.9. The molecule has 0 spiro atoms. The van der Waals surface area contributed by atoms with Crippen molar-refractivity contribution >= 4 is 33.2 Å². The van der Waals surface area contributed by atoms with Crippen LogP contribution in [0.25, 0.3) is 0 Å². The Hall–Kier alpha value is -1.33. The number of carbonyl (C=O) groups is 1. The number of halogens is 1. The maximum Gasteiger partial charge on any atom is 0.335 e. The highest BCUT2D eigenvalue weighted by molar-refractivity contribution is 9.10. The Morgan fingerprint density at radius 3 is 2.89 bits per heavy atom. The molecule has 1 N–H and O–H groups in total. The quantitative estimate of drug-likeness (QED) is 0.908. The summed E-state index contributed by atoms with van der Waals surface area (Å²) in [7, 11) is 0. The zero-order valence-corrected chi connectivity index (χ0v) is 11.8. The summed E-state index contributed by atoms with van der Waals surface area (Å²) in [4.78, 5) is 12.1. The number of hydrogen-bond donors (Lipinski definition) is 1. The van der Waals surface area contributed by atoms with Crippen molar-refractivity contribution < 1.29 is 14.6 Å². The average molecular weight is 327 g/mol. The van der Waals surface area contributed by atoms with Crippen molar-refractivity contribution in [1.82, 2.24) is 0 Å². The monoisotopic (exact) mass is 326 g/mol. The molecule has 0 unspecified atom stereocenters. The van der Waals surface area contributed by atoms with Crippen LogP contribution >= 0.6 is 27.3 Å². The van der Waals surface area contributed by atoms with Crippen molar-refractivity contribution in [3.05, 3.63) is 50.6 Å². The van der Waals surface area contributed by atoms with Gasteiger partial charge in [0, 0.05) is 15.8 Å². The molecule has 0 fully saturated rings. The molecule has 2 rings (SSSR count). The topological polar surface area (TPSA) is 46.5 Å². The van der Waals surface area contributed by atoms with E-state index in [-0.39, 0.29) is 5.56 Å². The Balaban J connectivity index is 1.98. The van der Waals surface area contributed by atoms with Gasteiger partial charge in [-0.05, 0) is 29.6 Å². The van der Waals surface area contributed by atoms with Gasteiger partial charge in [-0.1, -0.05) is 22.0 Å². The highest BCUT2D eigenvalue weighted by Crippen LogP contribution is 2.22. The number of carboxylic acid groups (broad SMARTS) is 1. The van der Waals surface area contributed by atoms with E-state index in [0.717, 1.165) is 6.42 Å². The second kappa shape index (κ2) is 6.02. The molecule has 1 heterocycles. The smallest absolute Gasteiger partial charge is 0.335 e. The molecule has 0 atom stereocenters. The maximum absolute atomic E-state index is 10.9. The molecular formula is C13H11BrO3S. The van der Waals surface area contributed by atoms with Crippen molar-refractivity contribution in [3.8, 4) is 5.75 Å². The summed E-state index contributed by atoms with van der Waals surface area (Å²) in [6.07, 6.45) is 0.826. The van der Waals surface area contributed by atoms with Gasteiger partial charge in [0.2, 0.25) is 0 Å². The van der Waals surface area contributed by atoms with Crippen LogP contribution in [0.5, 0.6) is 5.75 Å². The van der Waals surface area contributed by atoms with Crippen molar-refractivity contribution in [1.29, 1.82) is 0 Å². The lowest BCUT2D eigenvalue weighted by molar-refractivity contribution is 0.0696. The van der Waals surface area contributed by atoms with Gasteiger partial charge in [-0.3, -0.25) is 0 Å². The van der Waals surface area contributed by atoms with Gasteiger partial charge in [-0.15, -0.1) is 11.3 Å². The molecule has 0 bridgehead atoms. The first kappa shape index (κ1) is 13.1. The first-order valence-electron chi connectivity index (χ1n) is 5.34. The SMILES string of the molecule is O=C(O)c1cc(Br)cc(OCCc2cccs2)c1. The summed E-state index contributed by atoms with van der Waals surface area (Å²) in [5.74, 6) is -0.391. The van der Waals surface area contributed by atoms with Crippen LogP contribution < -0.4 is 4.74 Å². The zero-order valence-electron chi connectivity index (χ0n) is 9.43. The fourth-order valence-corrected chi connectivity index (χ4v) is 2.66. The van der Waals surface area contributed by atoms with Crippen LogP contribution in [0.3, 0.4) is 0 Å². The number of thiophene rings is 1. The van der Waals surface area contributed by atoms with Gasteiger partial charge >= 0.3 is 5.97 Å². The third-order valence-corrected chi connectivity index (χ3v) is 3.71. The minimum atomic E-state index is -0.959. The van der Waals surface area contributed by atoms with E-state index in [1.54, 1.807) is 23.5 Å². The predicted octanol–water partition coefficient (Wildman–Crippen LogP) is 3.83. The number of hydrogen-bond acceptors (Lipinski definition) is 3. The van der Waals surface area contributed by atoms with Crippen molar-refractivity contribution in [2.24, 2.45) is 0 Å². The Labute approximate surface area is 117 Å². The highest BCUT2D eigenvalue weighted by Gasteiger charge is 2.06. The lowest BCUT2D eigenvalue weighted by Gasteiger charge is -2.07. The molecule has 2 aromatic rings. The van der Waals surface area contributed by atoms with E-state index < -0.39 is 5.97 Å². The van der Waals surface area contributed by atoms with Gasteiger partial charge in [-0.2, -0.15) is 0 Å². The molecule has 3 nitrogen and oxygen atoms in total. The van der Waals surface area contributed by atoms with E-state index in [4.69, 9.17) is 9.84 Å². The Bertz CT molecular complexity index is 537. The maximum atomic E-state index is 10.9. The molecule has 94 valence electrons. The molecule has 5 heteroatoms. The minimum absolute atomic E-state index is 0.218. The summed E-state index contributed by atoms with van der Waals surface area (Å²) < 4.78 is 6.27. The molecule has 0 aliphatic rings. The Kier molecular flexibility index (Phi) is 4.38. The summed E-state index contributed by atoms with van der Waals surface area (Å²) in [6, 6.07) is 8.90. The lowest BCUT2D eigenvalue weighted by atomic mass is 10.2. The van der Waals surface area contributed by atoms with E-state index >= 15 is 0 Å². The van der Waals surface area contributed by atoms with E-state index in [9.17, 15) is 4.79 Å². The molecular weight excluding hydrogens is 316 g/mol. The van der Waals surface area contributed by atoms with Crippen LogP contribution in [0, 0.1) is 0 Å². The van der Waals surface area contributed by atoms with Gasteiger partial charge < -0.3 is 9.84 Å². The number of benzene rings is 1. The molecule has 0 aliphatic carbocycles. The fraction of sp³-hybridized carbons (Fsp3) is 0.154. The predicted molar refractivity (Wildman–Crippen MR) is 74.6 cm³/mol. The van der Waals surface area contributed by atoms with Crippen LogP contribution in [0.15, 0.2) is 40.2 Å². The van der Waals surface area contributed by atoms with E-state index in [2.05, 4.69) is 22.0 Å². The van der Waals surface area contributed by atoms with Crippen LogP contribution in [-0.4, -0.2) is 17.7 Å². The van der Waals surface area contributed by atoms with E-state index in [0.29, 0.717) is 16.8 Å². The first-order chi connectivity index (χ1) is 8.65. The summed E-state index contributed by atoms with van der Waals surface area (Å²) in [5.41, 5.74) is 0.218. The number of aromatic carboxylic acids is 1. The van der Waals surface area contributed by atoms with E-state index in [1.165, 1.54) is 10.9 Å². The van der Waals surface area contributed by atoms with Crippen LogP contribution in [0.1, 0.15) is 15.2 Å². The molecule has 0 amide bonds. The molecule has 1 aromatic carbocycles. The third-order valence-electron chi connectivity index (χ3n) is 2.32. The lowest BCUT2D eigenvalue weighted by Crippen LogP contribution is -2.02. The number of rotatable bonds is 5. The Morgan fingerprint density at radius 1 is 1.39 bits per heavy atom. The summed E-state index contributed by atoms with van der Waals surface area (Å²) in [5, 5.41) is 11.0. The fourth-order valence-electron chi connectivity index (χ4n) is 1.49. The zero-order chi connectivity index (χ0) is 13.0. The normalized spacial score (nSPS) is 10.3. The van der Waals surface area contributed by atoms with Crippen molar-refractivity contribution in [3.63, 3.8) is 0 Å². The largest absolute Gasteiger partial charge is 0.493 e. The Morgan fingerprint density at radius 2 is 2.22 bits per heavy atom. The second-order valence-corrected chi connectivity index (χ2v) is 5.61. The first-order valence-corrected chi connectivity index (χ1v) is 7.01. The number of carboxylic acids is 1. The number of ether oxygens (including phenoxy) is 1.